The number of nitrogens with zero attached hydrogens (tertiary/aromatic N) is 3. The molecule has 0 bridgehead atoms. The van der Waals surface area contributed by atoms with Gasteiger partial charge in [-0.2, -0.15) is 0 Å². The molecule has 3 heterocycles. The van der Waals surface area contributed by atoms with Crippen LogP contribution in [0, 0.1) is 0 Å². The van der Waals surface area contributed by atoms with E-state index in [9.17, 15) is 0 Å². The minimum absolute atomic E-state index is 0.502. The average Bonchev–Trinajstić information content (AvgIpc) is 2.72. The molecule has 26 heavy (non-hydrogen) atoms. The molecule has 0 aliphatic carbocycles. The zero-order valence-corrected chi connectivity index (χ0v) is 16.0. The monoisotopic (exact) mass is 357 g/mol. The molecule has 3 rings (SSSR count). The lowest BCUT2D eigenvalue weighted by Gasteiger charge is -2.22. The van der Waals surface area contributed by atoms with E-state index in [0.717, 1.165) is 62.7 Å². The number of hydrogen-bond acceptors (Lipinski definition) is 6. The van der Waals surface area contributed by atoms with Crippen molar-refractivity contribution in [3.05, 3.63) is 35.8 Å². The Bertz CT molecular complexity index is 620. The van der Waals surface area contributed by atoms with Crippen LogP contribution in [0.2, 0.25) is 0 Å². The van der Waals surface area contributed by atoms with Gasteiger partial charge in [0.05, 0.1) is 5.71 Å². The predicted molar refractivity (Wildman–Crippen MR) is 109 cm³/mol. The molecular weight excluding hydrogens is 326 g/mol. The Hall–Kier alpha value is -2.05. The first kappa shape index (κ1) is 20.3. The fraction of sp³-hybridized carbons (Fsp3) is 0.550. The molecule has 0 atom stereocenters. The van der Waals surface area contributed by atoms with Crippen LogP contribution in [0.4, 0.5) is 5.69 Å². The summed E-state index contributed by atoms with van der Waals surface area (Å²) in [6, 6.07) is 4.13. The van der Waals surface area contributed by atoms with E-state index in [0.29, 0.717) is 12.6 Å². The van der Waals surface area contributed by atoms with E-state index >= 15 is 0 Å². The molecule has 0 amide bonds. The highest BCUT2D eigenvalue weighted by Gasteiger charge is 2.17. The van der Waals surface area contributed by atoms with E-state index in [1.807, 2.05) is 32.3 Å². The van der Waals surface area contributed by atoms with Crippen molar-refractivity contribution < 1.29 is 4.74 Å². The molecule has 0 spiro atoms. The Labute approximate surface area is 156 Å². The molecule has 6 heteroatoms. The van der Waals surface area contributed by atoms with Crippen molar-refractivity contribution in [3.63, 3.8) is 0 Å². The lowest BCUT2D eigenvalue weighted by molar-refractivity contribution is 0.0845. The lowest BCUT2D eigenvalue weighted by Crippen LogP contribution is -2.32. The highest BCUT2D eigenvalue weighted by Crippen LogP contribution is 2.26. The highest BCUT2D eigenvalue weighted by molar-refractivity contribution is 6.02. The summed E-state index contributed by atoms with van der Waals surface area (Å²) in [7, 11) is 0. The topological polar surface area (TPSA) is 70.9 Å². The summed E-state index contributed by atoms with van der Waals surface area (Å²) in [5.74, 6) is 0.502. The molecule has 2 N–H and O–H groups in total. The summed E-state index contributed by atoms with van der Waals surface area (Å²) >= 11 is 0. The molecule has 2 saturated heterocycles. The van der Waals surface area contributed by atoms with Gasteiger partial charge in [0.15, 0.2) is 0 Å². The number of anilines is 1. The fourth-order valence-corrected chi connectivity index (χ4v) is 3.10. The van der Waals surface area contributed by atoms with Crippen molar-refractivity contribution in [2.45, 2.75) is 39.0 Å². The molecule has 142 valence electrons. The van der Waals surface area contributed by atoms with Crippen LogP contribution >= 0.6 is 0 Å². The van der Waals surface area contributed by atoms with Gasteiger partial charge in [0.1, 0.15) is 6.67 Å². The van der Waals surface area contributed by atoms with Crippen molar-refractivity contribution in [3.8, 4) is 0 Å². The maximum Gasteiger partial charge on any atom is 0.108 e. The van der Waals surface area contributed by atoms with Crippen LogP contribution in [0.3, 0.4) is 0 Å². The normalized spacial score (nSPS) is 21.2. The molecular formula is C20H31N5O. The third-order valence-corrected chi connectivity index (χ3v) is 4.46. The second-order valence-electron chi connectivity index (χ2n) is 6.06. The molecule has 2 fully saturated rings. The third-order valence-electron chi connectivity index (χ3n) is 4.46. The van der Waals surface area contributed by atoms with Crippen LogP contribution in [-0.2, 0) is 4.74 Å². The summed E-state index contributed by atoms with van der Waals surface area (Å²) in [6.45, 7) is 11.5. The van der Waals surface area contributed by atoms with Crippen molar-refractivity contribution in [2.75, 3.05) is 38.3 Å². The SMILES string of the molecule is C=N/C=C1/CCNC/C1=N/CNc1ccnc(C2CCOCC2)c1.CC. The van der Waals surface area contributed by atoms with Crippen molar-refractivity contribution in [2.24, 2.45) is 9.98 Å². The molecule has 2 aliphatic rings. The van der Waals surface area contributed by atoms with Crippen LogP contribution < -0.4 is 10.6 Å². The van der Waals surface area contributed by atoms with Crippen LogP contribution in [0.1, 0.15) is 44.7 Å². The predicted octanol–water partition coefficient (Wildman–Crippen LogP) is 3.39. The standard InChI is InChI=1S/C18H25N5O.C2H6/c1-19-11-15-2-6-20-12-18(15)23-13-22-16-3-7-21-17(10-16)14-4-8-24-9-5-14;1-2/h3,7,10-11,14,20H,1-2,4-6,8-9,12-13H2,(H,21,22);1-2H3/b15-11-,23-18-;. The van der Waals surface area contributed by atoms with E-state index in [-0.39, 0.29) is 0 Å². The number of aliphatic imine (C=N–C) groups is 2. The number of nitrogens with one attached hydrogen (secondary N) is 2. The summed E-state index contributed by atoms with van der Waals surface area (Å²) in [6.07, 6.45) is 6.73. The number of pyridine rings is 1. The molecule has 2 aliphatic heterocycles. The molecule has 0 radical (unpaired) electrons. The molecule has 1 aromatic rings. The Balaban J connectivity index is 0.00000117. The van der Waals surface area contributed by atoms with E-state index < -0.39 is 0 Å². The van der Waals surface area contributed by atoms with Gasteiger partial charge in [-0.05, 0) is 50.2 Å². The van der Waals surface area contributed by atoms with Gasteiger partial charge in [-0.3, -0.25) is 15.0 Å². The largest absolute Gasteiger partial charge is 0.381 e. The van der Waals surface area contributed by atoms with E-state index in [4.69, 9.17) is 4.74 Å². The molecule has 0 unspecified atom stereocenters. The van der Waals surface area contributed by atoms with Gasteiger partial charge in [0.25, 0.3) is 0 Å². The van der Waals surface area contributed by atoms with Crippen LogP contribution in [0.25, 0.3) is 0 Å². The van der Waals surface area contributed by atoms with Gasteiger partial charge < -0.3 is 15.4 Å². The fourth-order valence-electron chi connectivity index (χ4n) is 3.10. The first-order chi connectivity index (χ1) is 12.9. The van der Waals surface area contributed by atoms with Crippen molar-refractivity contribution in [1.82, 2.24) is 10.3 Å². The number of piperidine rings is 1. The maximum atomic E-state index is 5.43. The van der Waals surface area contributed by atoms with Gasteiger partial charge in [-0.15, -0.1) is 0 Å². The Morgan fingerprint density at radius 2 is 2.19 bits per heavy atom. The Morgan fingerprint density at radius 1 is 1.38 bits per heavy atom. The van der Waals surface area contributed by atoms with Crippen LogP contribution in [0.5, 0.6) is 0 Å². The average molecular weight is 358 g/mol. The van der Waals surface area contributed by atoms with E-state index in [2.05, 4.69) is 38.4 Å². The molecule has 0 saturated carbocycles. The quantitative estimate of drug-likeness (QED) is 0.793. The van der Waals surface area contributed by atoms with Gasteiger partial charge >= 0.3 is 0 Å². The first-order valence-electron chi connectivity index (χ1n) is 9.53. The second-order valence-corrected chi connectivity index (χ2v) is 6.06. The van der Waals surface area contributed by atoms with Crippen molar-refractivity contribution >= 4 is 18.1 Å². The van der Waals surface area contributed by atoms with Gasteiger partial charge in [0, 0.05) is 49.5 Å². The number of aromatic nitrogens is 1. The maximum absolute atomic E-state index is 5.43. The Morgan fingerprint density at radius 3 is 2.96 bits per heavy atom. The lowest BCUT2D eigenvalue weighted by atomic mass is 9.96. The zero-order valence-electron chi connectivity index (χ0n) is 16.0. The second kappa shape index (κ2) is 11.5. The van der Waals surface area contributed by atoms with Gasteiger partial charge in [0.2, 0.25) is 0 Å². The molecule has 1 aromatic heterocycles. The molecule has 6 nitrogen and oxygen atoms in total. The number of hydrogen-bond donors (Lipinski definition) is 2. The summed E-state index contributed by atoms with van der Waals surface area (Å²) < 4.78 is 5.43. The van der Waals surface area contributed by atoms with Crippen LogP contribution in [-0.4, -0.2) is 50.4 Å². The minimum atomic E-state index is 0.502. The van der Waals surface area contributed by atoms with E-state index in [1.54, 1.807) is 0 Å². The van der Waals surface area contributed by atoms with Gasteiger partial charge in [-0.1, -0.05) is 13.8 Å². The first-order valence-corrected chi connectivity index (χ1v) is 9.53. The summed E-state index contributed by atoms with van der Waals surface area (Å²) in [5, 5.41) is 6.71. The number of ether oxygens (including phenoxy) is 1. The number of rotatable bonds is 5. The minimum Gasteiger partial charge on any atom is -0.381 e. The third kappa shape index (κ3) is 6.04. The van der Waals surface area contributed by atoms with E-state index in [1.165, 1.54) is 5.57 Å². The summed E-state index contributed by atoms with van der Waals surface area (Å²) in [5.41, 5.74) is 4.43. The van der Waals surface area contributed by atoms with Gasteiger partial charge in [-0.25, -0.2) is 0 Å². The Kier molecular flexibility index (Phi) is 9.00. The summed E-state index contributed by atoms with van der Waals surface area (Å²) in [4.78, 5) is 13.1. The molecule has 0 aromatic carbocycles. The highest BCUT2D eigenvalue weighted by atomic mass is 16.5. The van der Waals surface area contributed by atoms with Crippen molar-refractivity contribution in [1.29, 1.82) is 0 Å². The van der Waals surface area contributed by atoms with Crippen LogP contribution in [0.15, 0.2) is 40.1 Å². The zero-order chi connectivity index (χ0) is 18.6. The smallest absolute Gasteiger partial charge is 0.108 e.